The van der Waals surface area contributed by atoms with Crippen LogP contribution in [0.5, 0.6) is 0 Å². The molecule has 0 spiro atoms. The lowest BCUT2D eigenvalue weighted by Crippen LogP contribution is -2.51. The van der Waals surface area contributed by atoms with Gasteiger partial charge in [0, 0.05) is 39.3 Å². The van der Waals surface area contributed by atoms with Gasteiger partial charge in [-0.15, -0.1) is 0 Å². The molecule has 0 aromatic heterocycles. The molecular formula is C17H24N2O2. The first kappa shape index (κ1) is 14.5. The quantitative estimate of drug-likeness (QED) is 0.850. The third kappa shape index (κ3) is 3.63. The number of ether oxygens (including phenoxy) is 1. The molecule has 2 aliphatic rings. The van der Waals surface area contributed by atoms with E-state index in [-0.39, 0.29) is 12.0 Å². The number of benzene rings is 1. The van der Waals surface area contributed by atoms with E-state index in [2.05, 4.69) is 36.1 Å². The molecule has 114 valence electrons. The summed E-state index contributed by atoms with van der Waals surface area (Å²) >= 11 is 0. The summed E-state index contributed by atoms with van der Waals surface area (Å²) in [6.45, 7) is 7.39. The zero-order valence-corrected chi connectivity index (χ0v) is 12.8. The van der Waals surface area contributed by atoms with Crippen LogP contribution in [-0.2, 0) is 16.1 Å². The maximum atomic E-state index is 12.3. The number of carbonyl (C=O) groups is 1. The molecule has 4 heteroatoms. The molecule has 2 saturated heterocycles. The van der Waals surface area contributed by atoms with Crippen molar-refractivity contribution < 1.29 is 9.53 Å². The Morgan fingerprint density at radius 2 is 2.10 bits per heavy atom. The molecule has 1 aromatic rings. The van der Waals surface area contributed by atoms with Crippen LogP contribution in [0.15, 0.2) is 24.3 Å². The smallest absolute Gasteiger partial charge is 0.251 e. The Kier molecular flexibility index (Phi) is 4.56. The monoisotopic (exact) mass is 288 g/mol. The molecule has 4 nitrogen and oxygen atoms in total. The minimum Gasteiger partial charge on any atom is -0.368 e. The fourth-order valence-electron chi connectivity index (χ4n) is 3.17. The Morgan fingerprint density at radius 1 is 1.29 bits per heavy atom. The Balaban J connectivity index is 1.49. The number of aryl methyl sites for hydroxylation is 1. The van der Waals surface area contributed by atoms with Gasteiger partial charge in [0.25, 0.3) is 5.91 Å². The maximum Gasteiger partial charge on any atom is 0.251 e. The van der Waals surface area contributed by atoms with Crippen molar-refractivity contribution >= 4 is 5.91 Å². The van der Waals surface area contributed by atoms with Crippen LogP contribution in [0.1, 0.15) is 24.0 Å². The minimum atomic E-state index is -0.173. The number of hydrogen-bond donors (Lipinski definition) is 0. The van der Waals surface area contributed by atoms with Gasteiger partial charge in [0.2, 0.25) is 0 Å². The SMILES string of the molecule is Cc1cccc(CN2CCN(C(=O)C3CCCO3)CC2)c1. The summed E-state index contributed by atoms with van der Waals surface area (Å²) in [4.78, 5) is 16.7. The molecule has 1 atom stereocenters. The van der Waals surface area contributed by atoms with Crippen molar-refractivity contribution in [2.24, 2.45) is 0 Å². The largest absolute Gasteiger partial charge is 0.368 e. The summed E-state index contributed by atoms with van der Waals surface area (Å²) < 4.78 is 5.50. The van der Waals surface area contributed by atoms with Crippen molar-refractivity contribution in [1.82, 2.24) is 9.80 Å². The van der Waals surface area contributed by atoms with Crippen LogP contribution >= 0.6 is 0 Å². The van der Waals surface area contributed by atoms with Crippen LogP contribution in [-0.4, -0.2) is 54.6 Å². The number of rotatable bonds is 3. The Morgan fingerprint density at radius 3 is 2.76 bits per heavy atom. The molecule has 0 bridgehead atoms. The van der Waals surface area contributed by atoms with Crippen LogP contribution in [0, 0.1) is 6.92 Å². The predicted molar refractivity (Wildman–Crippen MR) is 82.0 cm³/mol. The van der Waals surface area contributed by atoms with Crippen LogP contribution < -0.4 is 0 Å². The molecule has 0 aliphatic carbocycles. The second kappa shape index (κ2) is 6.58. The fourth-order valence-corrected chi connectivity index (χ4v) is 3.17. The van der Waals surface area contributed by atoms with Crippen LogP contribution in [0.3, 0.4) is 0 Å². The van der Waals surface area contributed by atoms with E-state index in [4.69, 9.17) is 4.74 Å². The van der Waals surface area contributed by atoms with Crippen molar-refractivity contribution in [2.75, 3.05) is 32.8 Å². The molecule has 0 N–H and O–H groups in total. The average Bonchev–Trinajstić information content (AvgIpc) is 3.01. The van der Waals surface area contributed by atoms with Gasteiger partial charge in [0.1, 0.15) is 6.10 Å². The van der Waals surface area contributed by atoms with Gasteiger partial charge in [-0.25, -0.2) is 0 Å². The molecule has 1 amide bonds. The minimum absolute atomic E-state index is 0.173. The predicted octanol–water partition coefficient (Wildman–Crippen LogP) is 1.82. The molecule has 0 saturated carbocycles. The number of nitrogens with zero attached hydrogens (tertiary/aromatic N) is 2. The molecule has 2 aliphatic heterocycles. The van der Waals surface area contributed by atoms with E-state index >= 15 is 0 Å². The van der Waals surface area contributed by atoms with Crippen molar-refractivity contribution in [2.45, 2.75) is 32.4 Å². The van der Waals surface area contributed by atoms with Gasteiger partial charge >= 0.3 is 0 Å². The van der Waals surface area contributed by atoms with E-state index in [9.17, 15) is 4.79 Å². The fraction of sp³-hybridized carbons (Fsp3) is 0.588. The lowest BCUT2D eigenvalue weighted by Gasteiger charge is -2.35. The molecule has 2 heterocycles. The summed E-state index contributed by atoms with van der Waals surface area (Å²) in [6.07, 6.45) is 1.74. The average molecular weight is 288 g/mol. The maximum absolute atomic E-state index is 12.3. The summed E-state index contributed by atoms with van der Waals surface area (Å²) in [5.74, 6) is 0.197. The number of carbonyl (C=O) groups excluding carboxylic acids is 1. The lowest BCUT2D eigenvalue weighted by molar-refractivity contribution is -0.142. The van der Waals surface area contributed by atoms with Gasteiger partial charge in [-0.05, 0) is 25.3 Å². The third-order valence-electron chi connectivity index (χ3n) is 4.38. The Hall–Kier alpha value is -1.39. The summed E-state index contributed by atoms with van der Waals surface area (Å²) in [6, 6.07) is 8.66. The van der Waals surface area contributed by atoms with Crippen LogP contribution in [0.2, 0.25) is 0 Å². The van der Waals surface area contributed by atoms with Crippen molar-refractivity contribution in [3.63, 3.8) is 0 Å². The Labute approximate surface area is 126 Å². The van der Waals surface area contributed by atoms with Gasteiger partial charge in [0.15, 0.2) is 0 Å². The molecule has 2 fully saturated rings. The third-order valence-corrected chi connectivity index (χ3v) is 4.38. The van der Waals surface area contributed by atoms with E-state index in [0.29, 0.717) is 0 Å². The number of piperazine rings is 1. The summed E-state index contributed by atoms with van der Waals surface area (Å²) in [7, 11) is 0. The van der Waals surface area contributed by atoms with Gasteiger partial charge < -0.3 is 9.64 Å². The summed E-state index contributed by atoms with van der Waals surface area (Å²) in [5, 5.41) is 0. The van der Waals surface area contributed by atoms with Gasteiger partial charge in [-0.2, -0.15) is 0 Å². The van der Waals surface area contributed by atoms with Crippen LogP contribution in [0.4, 0.5) is 0 Å². The van der Waals surface area contributed by atoms with E-state index in [0.717, 1.165) is 52.2 Å². The highest BCUT2D eigenvalue weighted by Crippen LogP contribution is 2.17. The first-order valence-electron chi connectivity index (χ1n) is 7.91. The standard InChI is InChI=1S/C17H24N2O2/c1-14-4-2-5-15(12-14)13-18-7-9-19(10-8-18)17(20)16-6-3-11-21-16/h2,4-5,12,16H,3,6-11,13H2,1H3. The summed E-state index contributed by atoms with van der Waals surface area (Å²) in [5.41, 5.74) is 2.66. The van der Waals surface area contributed by atoms with E-state index in [1.54, 1.807) is 0 Å². The second-order valence-electron chi connectivity index (χ2n) is 6.09. The normalized spacial score (nSPS) is 23.5. The van der Waals surface area contributed by atoms with Crippen LogP contribution in [0.25, 0.3) is 0 Å². The molecule has 0 radical (unpaired) electrons. The van der Waals surface area contributed by atoms with E-state index in [1.807, 2.05) is 4.90 Å². The second-order valence-corrected chi connectivity index (χ2v) is 6.09. The molecule has 3 rings (SSSR count). The highest BCUT2D eigenvalue weighted by Gasteiger charge is 2.30. The first-order valence-corrected chi connectivity index (χ1v) is 7.91. The molecular weight excluding hydrogens is 264 g/mol. The van der Waals surface area contributed by atoms with Gasteiger partial charge in [-0.3, -0.25) is 9.69 Å². The topological polar surface area (TPSA) is 32.8 Å². The van der Waals surface area contributed by atoms with E-state index in [1.165, 1.54) is 11.1 Å². The van der Waals surface area contributed by atoms with Crippen molar-refractivity contribution in [1.29, 1.82) is 0 Å². The zero-order chi connectivity index (χ0) is 14.7. The molecule has 1 unspecified atom stereocenters. The Bertz CT molecular complexity index is 489. The first-order chi connectivity index (χ1) is 10.2. The molecule has 21 heavy (non-hydrogen) atoms. The molecule has 1 aromatic carbocycles. The zero-order valence-electron chi connectivity index (χ0n) is 12.8. The number of amides is 1. The number of hydrogen-bond acceptors (Lipinski definition) is 3. The van der Waals surface area contributed by atoms with E-state index < -0.39 is 0 Å². The van der Waals surface area contributed by atoms with Gasteiger partial charge in [-0.1, -0.05) is 29.8 Å². The lowest BCUT2D eigenvalue weighted by atomic mass is 10.1. The van der Waals surface area contributed by atoms with Crippen molar-refractivity contribution in [3.05, 3.63) is 35.4 Å². The van der Waals surface area contributed by atoms with Gasteiger partial charge in [0.05, 0.1) is 0 Å². The van der Waals surface area contributed by atoms with Crippen molar-refractivity contribution in [3.8, 4) is 0 Å². The highest BCUT2D eigenvalue weighted by molar-refractivity contribution is 5.81. The highest BCUT2D eigenvalue weighted by atomic mass is 16.5.